The number of likely N-dealkylation sites (N-methyl/N-ethyl adjacent to an activating group) is 1. The highest BCUT2D eigenvalue weighted by Gasteiger charge is 2.21. The maximum atomic E-state index is 12.8. The van der Waals surface area contributed by atoms with Crippen LogP contribution in [0.2, 0.25) is 0 Å². The van der Waals surface area contributed by atoms with E-state index in [0.29, 0.717) is 23.9 Å². The summed E-state index contributed by atoms with van der Waals surface area (Å²) in [5.41, 5.74) is 0. The van der Waals surface area contributed by atoms with Gasteiger partial charge < -0.3 is 33.3 Å². The monoisotopic (exact) mass is 878 g/mol. The van der Waals surface area contributed by atoms with E-state index in [9.17, 15) is 19.5 Å². The number of esters is 2. The Labute approximate surface area is 384 Å². The number of unbranched alkanes of at least 4 members (excludes halogenated alkanes) is 9. The third kappa shape index (κ3) is 45.8. The Morgan fingerprint density at radius 3 is 1.27 bits per heavy atom. The minimum absolute atomic E-state index is 0.132. The van der Waals surface area contributed by atoms with Crippen LogP contribution >= 0.6 is 0 Å². The molecule has 0 radical (unpaired) electrons. The molecule has 0 aliphatic heterocycles. The molecule has 9 nitrogen and oxygen atoms in total. The first kappa shape index (κ1) is 58.9. The van der Waals surface area contributed by atoms with Crippen LogP contribution in [0.5, 0.6) is 0 Å². The lowest BCUT2D eigenvalue weighted by Gasteiger charge is -2.26. The van der Waals surface area contributed by atoms with Gasteiger partial charge in [0.2, 0.25) is 0 Å². The number of nitrogens with zero attached hydrogens (tertiary/aromatic N) is 1. The van der Waals surface area contributed by atoms with Crippen LogP contribution in [0.4, 0.5) is 0 Å². The maximum absolute atomic E-state index is 12.8. The molecule has 0 amide bonds. The van der Waals surface area contributed by atoms with Crippen LogP contribution in [-0.4, -0.2) is 82.3 Å². The van der Waals surface area contributed by atoms with Gasteiger partial charge in [0.15, 0.2) is 12.4 Å². The molecule has 0 fully saturated rings. The van der Waals surface area contributed by atoms with Gasteiger partial charge in [-0.15, -0.1) is 0 Å². The van der Waals surface area contributed by atoms with E-state index in [1.807, 2.05) is 21.1 Å². The topological polar surface area (TPSA) is 111 Å². The van der Waals surface area contributed by atoms with Crippen molar-refractivity contribution in [3.8, 4) is 0 Å². The van der Waals surface area contributed by atoms with Gasteiger partial charge in [-0.05, 0) is 96.3 Å². The highest BCUT2D eigenvalue weighted by Crippen LogP contribution is 2.12. The van der Waals surface area contributed by atoms with Crippen LogP contribution in [0.3, 0.4) is 0 Å². The molecule has 9 heteroatoms. The second-order valence-corrected chi connectivity index (χ2v) is 16.6. The van der Waals surface area contributed by atoms with Crippen LogP contribution in [0.1, 0.15) is 155 Å². The first-order chi connectivity index (χ1) is 30.6. The van der Waals surface area contributed by atoms with Gasteiger partial charge in [0.25, 0.3) is 0 Å². The summed E-state index contributed by atoms with van der Waals surface area (Å²) in [6, 6.07) is 0. The second kappa shape index (κ2) is 44.6. The van der Waals surface area contributed by atoms with E-state index in [0.717, 1.165) is 116 Å². The fraction of sp³-hybridized carbons (Fsp3) is 0.611. The van der Waals surface area contributed by atoms with Crippen molar-refractivity contribution in [2.75, 3.05) is 47.5 Å². The van der Waals surface area contributed by atoms with E-state index in [1.54, 1.807) is 0 Å². The maximum Gasteiger partial charge on any atom is 0.306 e. The molecule has 0 aromatic heterocycles. The standard InChI is InChI=1S/C54H87NO8/c1-6-8-10-12-14-16-18-20-22-24-25-26-27-29-31-33-35-37-39-41-43-45-52(57)63-50(49-62-54(53(58)59)60-47-46-55(3,4)5)48-61-51(56)44-42-40-38-36-34-32-30-28-23-21-19-17-15-13-11-9-7-2/h8-11,14-17,20-23,25-26,29-32,50,54H,6-7,12-13,18-19,24,27-28,33-49H2,1-5H3/b10-8-,11-9-,16-14-,17-15-,22-20-,23-21-,26-25-,31-29-,32-30-. The smallest absolute Gasteiger partial charge is 0.306 e. The molecule has 0 N–H and O–H groups in total. The molecule has 0 aliphatic carbocycles. The van der Waals surface area contributed by atoms with Gasteiger partial charge in [-0.25, -0.2) is 0 Å². The number of ether oxygens (including phenoxy) is 4. The van der Waals surface area contributed by atoms with Crippen molar-refractivity contribution in [2.24, 2.45) is 0 Å². The van der Waals surface area contributed by atoms with Gasteiger partial charge in [-0.3, -0.25) is 9.59 Å². The van der Waals surface area contributed by atoms with E-state index < -0.39 is 30.3 Å². The van der Waals surface area contributed by atoms with Crippen LogP contribution in [0.15, 0.2) is 109 Å². The van der Waals surface area contributed by atoms with Gasteiger partial charge in [-0.1, -0.05) is 155 Å². The molecule has 0 aromatic carbocycles. The molecule has 356 valence electrons. The average Bonchev–Trinajstić information content (AvgIpc) is 3.24. The van der Waals surface area contributed by atoms with Crippen molar-refractivity contribution in [1.29, 1.82) is 0 Å². The van der Waals surface area contributed by atoms with Crippen molar-refractivity contribution >= 4 is 17.9 Å². The number of carboxylic acid groups (broad SMARTS) is 1. The third-order valence-corrected chi connectivity index (χ3v) is 9.52. The molecule has 0 aliphatic rings. The van der Waals surface area contributed by atoms with Crippen LogP contribution in [0.25, 0.3) is 0 Å². The molecule has 2 atom stereocenters. The summed E-state index contributed by atoms with van der Waals surface area (Å²) < 4.78 is 22.5. The molecular formula is C54H87NO8. The van der Waals surface area contributed by atoms with Gasteiger partial charge in [0.1, 0.15) is 13.2 Å². The summed E-state index contributed by atoms with van der Waals surface area (Å²) in [6.45, 7) is 4.43. The zero-order valence-electron chi connectivity index (χ0n) is 40.1. The second-order valence-electron chi connectivity index (χ2n) is 16.6. The van der Waals surface area contributed by atoms with E-state index in [1.165, 1.54) is 0 Å². The fourth-order valence-electron chi connectivity index (χ4n) is 5.84. The Morgan fingerprint density at radius 2 is 0.857 bits per heavy atom. The predicted octanol–water partition coefficient (Wildman–Crippen LogP) is 11.9. The van der Waals surface area contributed by atoms with Gasteiger partial charge in [-0.2, -0.15) is 0 Å². The number of carbonyl (C=O) groups is 3. The van der Waals surface area contributed by atoms with Crippen LogP contribution in [-0.2, 0) is 33.3 Å². The van der Waals surface area contributed by atoms with E-state index in [4.69, 9.17) is 18.9 Å². The van der Waals surface area contributed by atoms with Crippen molar-refractivity contribution in [2.45, 2.75) is 167 Å². The Bertz CT molecular complexity index is 1390. The summed E-state index contributed by atoms with van der Waals surface area (Å²) in [4.78, 5) is 37.1. The Morgan fingerprint density at radius 1 is 0.476 bits per heavy atom. The Kier molecular flexibility index (Phi) is 41.7. The highest BCUT2D eigenvalue weighted by molar-refractivity contribution is 5.70. The minimum Gasteiger partial charge on any atom is -0.545 e. The van der Waals surface area contributed by atoms with Gasteiger partial charge in [0.05, 0.1) is 40.3 Å². The molecule has 0 rings (SSSR count). The quantitative estimate of drug-likeness (QED) is 0.0196. The SMILES string of the molecule is CC/C=C\C/C=C\C/C=C\C/C=C\C/C=C\CCCCCCCC(=O)OC(COC(=O)CCCCCC/C=C\C/C=C\C/C=C\C/C=C\CC)COC(OCC[N+](C)(C)C)C(=O)[O-]. The molecular weight excluding hydrogens is 791 g/mol. The zero-order chi connectivity index (χ0) is 46.3. The number of hydrogen-bond acceptors (Lipinski definition) is 8. The summed E-state index contributed by atoms with van der Waals surface area (Å²) in [5.74, 6) is -2.36. The lowest BCUT2D eigenvalue weighted by atomic mass is 10.1. The van der Waals surface area contributed by atoms with Gasteiger partial charge >= 0.3 is 11.9 Å². The number of carboxylic acids is 1. The molecule has 0 spiro atoms. The molecule has 0 aromatic rings. The number of carbonyl (C=O) groups excluding carboxylic acids is 3. The predicted molar refractivity (Wildman–Crippen MR) is 260 cm³/mol. The normalized spacial score (nSPS) is 13.9. The number of rotatable bonds is 42. The summed E-state index contributed by atoms with van der Waals surface area (Å²) in [5, 5.41) is 11.7. The lowest BCUT2D eigenvalue weighted by molar-refractivity contribution is -0.870. The number of aliphatic carboxylic acids is 1. The Hall–Kier alpha value is -4.05. The highest BCUT2D eigenvalue weighted by atomic mass is 16.7. The van der Waals surface area contributed by atoms with E-state index in [2.05, 4.69) is 123 Å². The lowest BCUT2D eigenvalue weighted by Crippen LogP contribution is -2.44. The molecule has 2 unspecified atom stereocenters. The molecule has 0 bridgehead atoms. The van der Waals surface area contributed by atoms with Crippen molar-refractivity contribution in [3.05, 3.63) is 109 Å². The summed E-state index contributed by atoms with van der Waals surface area (Å²) >= 11 is 0. The largest absolute Gasteiger partial charge is 0.545 e. The number of allylic oxidation sites excluding steroid dienone is 18. The molecule has 0 saturated carbocycles. The van der Waals surface area contributed by atoms with Gasteiger partial charge in [0, 0.05) is 12.8 Å². The average molecular weight is 878 g/mol. The van der Waals surface area contributed by atoms with Crippen molar-refractivity contribution in [1.82, 2.24) is 0 Å². The first-order valence-corrected chi connectivity index (χ1v) is 24.0. The third-order valence-electron chi connectivity index (χ3n) is 9.52. The minimum atomic E-state index is -1.64. The fourth-order valence-corrected chi connectivity index (χ4v) is 5.84. The van der Waals surface area contributed by atoms with Crippen LogP contribution < -0.4 is 5.11 Å². The number of quaternary nitrogens is 1. The zero-order valence-corrected chi connectivity index (χ0v) is 40.1. The molecule has 0 saturated heterocycles. The number of hydrogen-bond donors (Lipinski definition) is 0. The van der Waals surface area contributed by atoms with E-state index >= 15 is 0 Å². The molecule has 63 heavy (non-hydrogen) atoms. The van der Waals surface area contributed by atoms with Crippen LogP contribution in [0, 0.1) is 0 Å². The Balaban J connectivity index is 4.50. The molecule has 0 heterocycles. The van der Waals surface area contributed by atoms with E-state index in [-0.39, 0.29) is 32.7 Å². The summed E-state index contributed by atoms with van der Waals surface area (Å²) in [7, 11) is 5.88. The van der Waals surface area contributed by atoms with Crippen molar-refractivity contribution < 1.29 is 42.9 Å². The summed E-state index contributed by atoms with van der Waals surface area (Å²) in [6.07, 6.45) is 56.9. The van der Waals surface area contributed by atoms with Crippen molar-refractivity contribution in [3.63, 3.8) is 0 Å². The first-order valence-electron chi connectivity index (χ1n) is 24.0.